The van der Waals surface area contributed by atoms with Crippen LogP contribution in [0.2, 0.25) is 0 Å². The first-order valence-electron chi connectivity index (χ1n) is 11.1. The first-order valence-corrected chi connectivity index (χ1v) is 11.1. The highest BCUT2D eigenvalue weighted by Gasteiger charge is 2.59. The van der Waals surface area contributed by atoms with Crippen molar-refractivity contribution in [2.75, 3.05) is 7.11 Å². The third-order valence-electron chi connectivity index (χ3n) is 7.79. The molecule has 2 bridgehead atoms. The summed E-state index contributed by atoms with van der Waals surface area (Å²) in [6, 6.07) is 4.04. The van der Waals surface area contributed by atoms with Crippen molar-refractivity contribution in [1.82, 2.24) is 0 Å². The lowest BCUT2D eigenvalue weighted by atomic mass is 9.44. The minimum absolute atomic E-state index is 0.0136. The molecule has 1 unspecified atom stereocenters. The van der Waals surface area contributed by atoms with E-state index < -0.39 is 0 Å². The van der Waals surface area contributed by atoms with Crippen LogP contribution >= 0.6 is 0 Å². The van der Waals surface area contributed by atoms with E-state index in [9.17, 15) is 9.90 Å². The van der Waals surface area contributed by atoms with Crippen molar-refractivity contribution in [3.63, 3.8) is 0 Å². The largest absolute Gasteiger partial charge is 0.508 e. The van der Waals surface area contributed by atoms with Crippen LogP contribution in [0.3, 0.4) is 0 Å². The van der Waals surface area contributed by atoms with Crippen molar-refractivity contribution >= 4 is 5.78 Å². The van der Waals surface area contributed by atoms with E-state index in [1.54, 1.807) is 7.11 Å². The Kier molecular flexibility index (Phi) is 5.85. The summed E-state index contributed by atoms with van der Waals surface area (Å²) in [7, 11) is 1.68. The van der Waals surface area contributed by atoms with Gasteiger partial charge in [-0.15, -0.1) is 0 Å². The SMILES string of the molecule is CCCCCCC(C)(C)c1cc(O)c(C2CC(=O)[C@H]3C[C@@H]2C3(C)C)c(OC)c1. The lowest BCUT2D eigenvalue weighted by molar-refractivity contribution is -0.151. The lowest BCUT2D eigenvalue weighted by Crippen LogP contribution is -2.56. The number of phenolic OH excluding ortho intramolecular Hbond substituents is 1. The minimum atomic E-state index is -0.0136. The molecule has 28 heavy (non-hydrogen) atoms. The van der Waals surface area contributed by atoms with Gasteiger partial charge < -0.3 is 9.84 Å². The quantitative estimate of drug-likeness (QED) is 0.528. The fourth-order valence-electron chi connectivity index (χ4n) is 5.68. The third kappa shape index (κ3) is 3.57. The number of methoxy groups -OCH3 is 1. The number of rotatable bonds is 8. The second-order valence-corrected chi connectivity index (χ2v) is 10.3. The Labute approximate surface area is 170 Å². The Morgan fingerprint density at radius 3 is 2.50 bits per heavy atom. The van der Waals surface area contributed by atoms with Gasteiger partial charge in [-0.25, -0.2) is 0 Å². The van der Waals surface area contributed by atoms with Crippen LogP contribution in [0, 0.1) is 17.3 Å². The topological polar surface area (TPSA) is 46.5 Å². The molecule has 1 aromatic rings. The van der Waals surface area contributed by atoms with Gasteiger partial charge in [-0.05, 0) is 47.3 Å². The van der Waals surface area contributed by atoms with Gasteiger partial charge >= 0.3 is 0 Å². The molecular formula is C25H38O3. The monoisotopic (exact) mass is 386 g/mol. The molecule has 0 aromatic heterocycles. The zero-order chi connectivity index (χ0) is 20.7. The van der Waals surface area contributed by atoms with Crippen LogP contribution in [0.1, 0.15) is 96.6 Å². The molecule has 0 aliphatic heterocycles. The molecule has 3 heteroatoms. The number of hydrogen-bond acceptors (Lipinski definition) is 3. The molecule has 0 saturated heterocycles. The summed E-state index contributed by atoms with van der Waals surface area (Å²) < 4.78 is 5.76. The van der Waals surface area contributed by atoms with Gasteiger partial charge in [0, 0.05) is 23.8 Å². The van der Waals surface area contributed by atoms with Crippen LogP contribution in [0.25, 0.3) is 0 Å². The zero-order valence-electron chi connectivity index (χ0n) is 18.6. The second-order valence-electron chi connectivity index (χ2n) is 10.3. The highest BCUT2D eigenvalue weighted by Crippen LogP contribution is 2.64. The number of fused-ring (bicyclic) bond motifs is 2. The van der Waals surface area contributed by atoms with Gasteiger partial charge in [-0.1, -0.05) is 60.3 Å². The van der Waals surface area contributed by atoms with Crippen LogP contribution in [0.15, 0.2) is 12.1 Å². The van der Waals surface area contributed by atoms with Crippen molar-refractivity contribution in [3.8, 4) is 11.5 Å². The summed E-state index contributed by atoms with van der Waals surface area (Å²) in [6.45, 7) is 11.1. The Hall–Kier alpha value is -1.51. The van der Waals surface area contributed by atoms with E-state index >= 15 is 0 Å². The molecule has 1 aromatic carbocycles. The second kappa shape index (κ2) is 7.72. The van der Waals surface area contributed by atoms with Gasteiger partial charge in [0.25, 0.3) is 0 Å². The number of carbonyl (C=O) groups excluding carboxylic acids is 1. The number of ketones is 1. The maximum atomic E-state index is 12.6. The normalized spacial score (nSPS) is 26.1. The fourth-order valence-corrected chi connectivity index (χ4v) is 5.68. The number of aromatic hydroxyl groups is 1. The average Bonchev–Trinajstić information content (AvgIpc) is 2.63. The summed E-state index contributed by atoms with van der Waals surface area (Å²) in [5.74, 6) is 2.08. The van der Waals surface area contributed by atoms with Crippen molar-refractivity contribution in [1.29, 1.82) is 0 Å². The molecule has 4 rings (SSSR count). The number of phenols is 1. The van der Waals surface area contributed by atoms with Crippen molar-refractivity contribution in [2.45, 2.75) is 90.9 Å². The maximum absolute atomic E-state index is 12.6. The van der Waals surface area contributed by atoms with E-state index in [1.165, 1.54) is 25.7 Å². The molecule has 1 N–H and O–H groups in total. The van der Waals surface area contributed by atoms with Crippen LogP contribution < -0.4 is 4.74 Å². The summed E-state index contributed by atoms with van der Waals surface area (Å²) in [5.41, 5.74) is 1.97. The molecule has 0 heterocycles. The summed E-state index contributed by atoms with van der Waals surface area (Å²) in [5, 5.41) is 11.0. The summed E-state index contributed by atoms with van der Waals surface area (Å²) >= 11 is 0. The smallest absolute Gasteiger partial charge is 0.137 e. The molecule has 0 radical (unpaired) electrons. The van der Waals surface area contributed by atoms with Crippen molar-refractivity contribution < 1.29 is 14.6 Å². The van der Waals surface area contributed by atoms with Crippen LogP contribution in [-0.4, -0.2) is 18.0 Å². The fraction of sp³-hybridized carbons (Fsp3) is 0.720. The molecule has 3 atom stereocenters. The number of unbranched alkanes of at least 4 members (excludes halogenated alkanes) is 3. The minimum Gasteiger partial charge on any atom is -0.508 e. The van der Waals surface area contributed by atoms with Gasteiger partial charge in [-0.2, -0.15) is 0 Å². The lowest BCUT2D eigenvalue weighted by Gasteiger charge is -2.59. The predicted octanol–water partition coefficient (Wildman–Crippen LogP) is 6.37. The Balaban J connectivity index is 1.89. The molecule has 3 nitrogen and oxygen atoms in total. The Morgan fingerprint density at radius 2 is 1.93 bits per heavy atom. The maximum Gasteiger partial charge on any atom is 0.137 e. The van der Waals surface area contributed by atoms with E-state index in [0.717, 1.165) is 29.7 Å². The van der Waals surface area contributed by atoms with Gasteiger partial charge in [0.15, 0.2) is 0 Å². The third-order valence-corrected chi connectivity index (χ3v) is 7.79. The predicted molar refractivity (Wildman–Crippen MR) is 114 cm³/mol. The number of hydrogen-bond donors (Lipinski definition) is 1. The van der Waals surface area contributed by atoms with Crippen LogP contribution in [-0.2, 0) is 10.2 Å². The van der Waals surface area contributed by atoms with E-state index in [0.29, 0.717) is 23.9 Å². The van der Waals surface area contributed by atoms with E-state index in [-0.39, 0.29) is 22.7 Å². The van der Waals surface area contributed by atoms with E-state index in [2.05, 4.69) is 40.7 Å². The molecule has 0 spiro atoms. The molecule has 0 amide bonds. The molecular weight excluding hydrogens is 348 g/mol. The van der Waals surface area contributed by atoms with Crippen LogP contribution in [0.5, 0.6) is 11.5 Å². The first-order chi connectivity index (χ1) is 13.1. The van der Waals surface area contributed by atoms with Crippen molar-refractivity contribution in [3.05, 3.63) is 23.3 Å². The summed E-state index contributed by atoms with van der Waals surface area (Å²) in [4.78, 5) is 12.6. The molecule has 3 aliphatic carbocycles. The van der Waals surface area contributed by atoms with Crippen molar-refractivity contribution in [2.24, 2.45) is 17.3 Å². The van der Waals surface area contributed by atoms with Gasteiger partial charge in [0.2, 0.25) is 0 Å². The van der Waals surface area contributed by atoms with Gasteiger partial charge in [0.05, 0.1) is 7.11 Å². The number of ether oxygens (including phenoxy) is 1. The average molecular weight is 387 g/mol. The summed E-state index contributed by atoms with van der Waals surface area (Å²) in [6.07, 6.45) is 7.53. The Bertz CT molecular complexity index is 732. The van der Waals surface area contributed by atoms with Crippen LogP contribution in [0.4, 0.5) is 0 Å². The van der Waals surface area contributed by atoms with Gasteiger partial charge in [-0.3, -0.25) is 4.79 Å². The molecule has 3 saturated carbocycles. The van der Waals surface area contributed by atoms with E-state index in [1.807, 2.05) is 6.07 Å². The standard InChI is InChI=1S/C25H38O3/c1-7-8-9-10-11-24(2,3)16-12-21(27)23(22(13-16)28-6)17-14-20(26)19-15-18(17)25(19,4)5/h12-13,17-19,27H,7-11,14-15H2,1-6H3/t17?,18-,19+/m0/s1. The number of benzene rings is 1. The molecule has 3 fully saturated rings. The van der Waals surface area contributed by atoms with Gasteiger partial charge in [0.1, 0.15) is 17.3 Å². The molecule has 156 valence electrons. The highest BCUT2D eigenvalue weighted by atomic mass is 16.5. The molecule has 3 aliphatic rings. The first kappa shape index (κ1) is 21.2. The zero-order valence-corrected chi connectivity index (χ0v) is 18.6. The van der Waals surface area contributed by atoms with E-state index in [4.69, 9.17) is 4.74 Å². The number of Topliss-reactive ketones (excluding diaryl/α,β-unsaturated/α-hetero) is 1. The Morgan fingerprint density at radius 1 is 1.21 bits per heavy atom. The highest BCUT2D eigenvalue weighted by molar-refractivity contribution is 5.86. The number of carbonyl (C=O) groups is 1.